The number of halogens is 1. The molecule has 2 aromatic rings. The van der Waals surface area contributed by atoms with E-state index in [9.17, 15) is 19.8 Å². The highest BCUT2D eigenvalue weighted by molar-refractivity contribution is 6.46. The van der Waals surface area contributed by atoms with Gasteiger partial charge in [-0.25, -0.2) is 0 Å². The molecule has 1 aliphatic rings. The van der Waals surface area contributed by atoms with Crippen LogP contribution in [0.3, 0.4) is 0 Å². The highest BCUT2D eigenvalue weighted by atomic mass is 35.5. The number of ether oxygens (including phenoxy) is 1. The summed E-state index contributed by atoms with van der Waals surface area (Å²) in [5.41, 5.74) is 0.924. The third-order valence-corrected chi connectivity index (χ3v) is 4.99. The lowest BCUT2D eigenvalue weighted by atomic mass is 9.94. The van der Waals surface area contributed by atoms with Gasteiger partial charge in [-0.2, -0.15) is 0 Å². The van der Waals surface area contributed by atoms with Crippen LogP contribution in [0.1, 0.15) is 31.0 Å². The molecule has 0 saturated carbocycles. The number of carbonyl (C=O) groups is 2. The number of hydrogen-bond donors (Lipinski definition) is 2. The van der Waals surface area contributed by atoms with E-state index < -0.39 is 17.7 Å². The molecule has 0 radical (unpaired) electrons. The summed E-state index contributed by atoms with van der Waals surface area (Å²) >= 11 is 5.92. The molecule has 0 bridgehead atoms. The number of ketones is 1. The van der Waals surface area contributed by atoms with Crippen molar-refractivity contribution in [1.29, 1.82) is 0 Å². The Bertz CT molecular complexity index is 981. The molecule has 7 heteroatoms. The predicted molar refractivity (Wildman–Crippen MR) is 110 cm³/mol. The van der Waals surface area contributed by atoms with Crippen molar-refractivity contribution in [3.05, 3.63) is 64.2 Å². The zero-order valence-corrected chi connectivity index (χ0v) is 17.1. The SMILES string of the molecule is COc1cc([C@H]2C(=C(O)c3ccc(Cl)cc3)C(=O)C(=O)N2CC(C)C)ccc1O. The van der Waals surface area contributed by atoms with Crippen molar-refractivity contribution in [2.24, 2.45) is 5.92 Å². The molecule has 2 aromatic carbocycles. The maximum atomic E-state index is 12.9. The fourth-order valence-corrected chi connectivity index (χ4v) is 3.56. The number of aromatic hydroxyl groups is 1. The van der Waals surface area contributed by atoms with Crippen molar-refractivity contribution in [3.8, 4) is 11.5 Å². The van der Waals surface area contributed by atoms with Crippen molar-refractivity contribution >= 4 is 29.1 Å². The van der Waals surface area contributed by atoms with Gasteiger partial charge in [0, 0.05) is 17.1 Å². The van der Waals surface area contributed by atoms with Gasteiger partial charge in [-0.15, -0.1) is 0 Å². The Morgan fingerprint density at radius 3 is 2.41 bits per heavy atom. The van der Waals surface area contributed by atoms with Crippen LogP contribution in [-0.2, 0) is 9.59 Å². The zero-order valence-electron chi connectivity index (χ0n) is 16.3. The monoisotopic (exact) mass is 415 g/mol. The van der Waals surface area contributed by atoms with Gasteiger partial charge >= 0.3 is 0 Å². The first-order valence-corrected chi connectivity index (χ1v) is 9.53. The highest BCUT2D eigenvalue weighted by Crippen LogP contribution is 2.42. The van der Waals surface area contributed by atoms with Crippen molar-refractivity contribution in [3.63, 3.8) is 0 Å². The van der Waals surface area contributed by atoms with Gasteiger partial charge in [-0.3, -0.25) is 9.59 Å². The van der Waals surface area contributed by atoms with E-state index in [1.54, 1.807) is 36.4 Å². The fourth-order valence-electron chi connectivity index (χ4n) is 3.44. The van der Waals surface area contributed by atoms with E-state index in [1.807, 2.05) is 13.8 Å². The molecule has 1 aliphatic heterocycles. The quantitative estimate of drug-likeness (QED) is 0.435. The summed E-state index contributed by atoms with van der Waals surface area (Å²) < 4.78 is 5.18. The Labute approximate surface area is 174 Å². The predicted octanol–water partition coefficient (Wildman–Crippen LogP) is 4.13. The molecule has 1 heterocycles. The Kier molecular flexibility index (Phi) is 5.84. The summed E-state index contributed by atoms with van der Waals surface area (Å²) in [6.45, 7) is 4.20. The number of methoxy groups -OCH3 is 1. The molecule has 1 atom stereocenters. The minimum absolute atomic E-state index is 0.00860. The van der Waals surface area contributed by atoms with E-state index in [2.05, 4.69) is 0 Å². The van der Waals surface area contributed by atoms with Crippen LogP contribution in [0.4, 0.5) is 0 Å². The number of phenolic OH excluding ortho intramolecular Hbond substituents is 1. The smallest absolute Gasteiger partial charge is 0.295 e. The fraction of sp³-hybridized carbons (Fsp3) is 0.273. The third-order valence-electron chi connectivity index (χ3n) is 4.74. The number of phenols is 1. The van der Waals surface area contributed by atoms with E-state index >= 15 is 0 Å². The van der Waals surface area contributed by atoms with Gasteiger partial charge in [0.2, 0.25) is 0 Å². The molecular formula is C22H22ClNO5. The van der Waals surface area contributed by atoms with Gasteiger partial charge in [0.1, 0.15) is 5.76 Å². The Morgan fingerprint density at radius 2 is 1.83 bits per heavy atom. The lowest BCUT2D eigenvalue weighted by Gasteiger charge is -2.27. The summed E-state index contributed by atoms with van der Waals surface area (Å²) in [5.74, 6) is -1.45. The van der Waals surface area contributed by atoms with Crippen LogP contribution in [-0.4, -0.2) is 40.5 Å². The second-order valence-electron chi connectivity index (χ2n) is 7.28. The first kappa shape index (κ1) is 20.7. The minimum Gasteiger partial charge on any atom is -0.507 e. The van der Waals surface area contributed by atoms with Gasteiger partial charge in [-0.05, 0) is 47.9 Å². The molecule has 0 aliphatic carbocycles. The molecule has 1 amide bonds. The van der Waals surface area contributed by atoms with Crippen molar-refractivity contribution in [2.75, 3.05) is 13.7 Å². The lowest BCUT2D eigenvalue weighted by Crippen LogP contribution is -2.33. The standard InChI is InChI=1S/C22H22ClNO5/c1-12(2)11-24-19(14-6-9-16(25)17(10-14)29-3)18(21(27)22(24)28)20(26)13-4-7-15(23)8-5-13/h4-10,12,19,25-26H,11H2,1-3H3/t19-/m0/s1. The van der Waals surface area contributed by atoms with Crippen molar-refractivity contribution < 1.29 is 24.5 Å². The largest absolute Gasteiger partial charge is 0.507 e. The van der Waals surface area contributed by atoms with Crippen LogP contribution < -0.4 is 4.74 Å². The molecule has 29 heavy (non-hydrogen) atoms. The zero-order chi connectivity index (χ0) is 21.3. The minimum atomic E-state index is -0.803. The van der Waals surface area contributed by atoms with E-state index in [1.165, 1.54) is 18.1 Å². The Hall–Kier alpha value is -2.99. The van der Waals surface area contributed by atoms with Crippen LogP contribution in [0.15, 0.2) is 48.0 Å². The van der Waals surface area contributed by atoms with Gasteiger partial charge in [0.15, 0.2) is 11.5 Å². The summed E-state index contributed by atoms with van der Waals surface area (Å²) in [7, 11) is 1.41. The number of hydrogen-bond acceptors (Lipinski definition) is 5. The number of carbonyl (C=O) groups excluding carboxylic acids is 2. The molecule has 152 valence electrons. The number of likely N-dealkylation sites (tertiary alicyclic amines) is 1. The van der Waals surface area contributed by atoms with Crippen LogP contribution in [0.25, 0.3) is 5.76 Å². The second kappa shape index (κ2) is 8.17. The molecule has 2 N–H and O–H groups in total. The second-order valence-corrected chi connectivity index (χ2v) is 7.72. The van der Waals surface area contributed by atoms with E-state index in [4.69, 9.17) is 16.3 Å². The molecule has 0 spiro atoms. The summed E-state index contributed by atoms with van der Waals surface area (Å²) in [5, 5.41) is 21.3. The number of nitrogens with zero attached hydrogens (tertiary/aromatic N) is 1. The third kappa shape index (κ3) is 3.93. The maximum absolute atomic E-state index is 12.9. The van der Waals surface area contributed by atoms with Crippen LogP contribution in [0.5, 0.6) is 11.5 Å². The van der Waals surface area contributed by atoms with Gasteiger partial charge in [-0.1, -0.05) is 31.5 Å². The molecule has 3 rings (SSSR count). The van der Waals surface area contributed by atoms with E-state index in [0.717, 1.165) is 0 Å². The molecule has 0 unspecified atom stereocenters. The average molecular weight is 416 g/mol. The first-order valence-electron chi connectivity index (χ1n) is 9.15. The van der Waals surface area contributed by atoms with Crippen LogP contribution >= 0.6 is 11.6 Å². The number of amides is 1. The molecular weight excluding hydrogens is 394 g/mol. The summed E-state index contributed by atoms with van der Waals surface area (Å²) in [6, 6.07) is 10.2. The molecule has 0 aromatic heterocycles. The number of benzene rings is 2. The highest BCUT2D eigenvalue weighted by Gasteiger charge is 2.46. The van der Waals surface area contributed by atoms with Gasteiger partial charge in [0.05, 0.1) is 18.7 Å². The molecule has 6 nitrogen and oxygen atoms in total. The topological polar surface area (TPSA) is 87.1 Å². The van der Waals surface area contributed by atoms with Crippen LogP contribution in [0, 0.1) is 5.92 Å². The summed E-state index contributed by atoms with van der Waals surface area (Å²) in [6.07, 6.45) is 0. The maximum Gasteiger partial charge on any atom is 0.295 e. The Balaban J connectivity index is 2.21. The Morgan fingerprint density at radius 1 is 1.17 bits per heavy atom. The average Bonchev–Trinajstić information content (AvgIpc) is 2.93. The molecule has 1 fully saturated rings. The van der Waals surface area contributed by atoms with Crippen molar-refractivity contribution in [2.45, 2.75) is 19.9 Å². The first-order chi connectivity index (χ1) is 13.7. The van der Waals surface area contributed by atoms with Gasteiger partial charge in [0.25, 0.3) is 11.7 Å². The number of Topliss-reactive ketones (excluding diaryl/α,β-unsaturated/α-hetero) is 1. The number of aliphatic hydroxyl groups excluding tert-OH is 1. The number of aliphatic hydroxyl groups is 1. The summed E-state index contributed by atoms with van der Waals surface area (Å²) in [4.78, 5) is 27.1. The van der Waals surface area contributed by atoms with E-state index in [-0.39, 0.29) is 28.7 Å². The van der Waals surface area contributed by atoms with Crippen LogP contribution in [0.2, 0.25) is 5.02 Å². The lowest BCUT2D eigenvalue weighted by molar-refractivity contribution is -0.140. The van der Waals surface area contributed by atoms with E-state index in [0.29, 0.717) is 22.7 Å². The normalized spacial score (nSPS) is 18.5. The van der Waals surface area contributed by atoms with Crippen molar-refractivity contribution in [1.82, 2.24) is 4.90 Å². The van der Waals surface area contributed by atoms with Gasteiger partial charge < -0.3 is 19.8 Å². The number of rotatable bonds is 5. The molecule has 1 saturated heterocycles.